The van der Waals surface area contributed by atoms with Gasteiger partial charge in [-0.05, 0) is 25.2 Å². The molecule has 7 heteroatoms. The number of aromatic carboxylic acids is 1. The highest BCUT2D eigenvalue weighted by Crippen LogP contribution is 2.22. The van der Waals surface area contributed by atoms with Crippen LogP contribution in [0.5, 0.6) is 0 Å². The lowest BCUT2D eigenvalue weighted by Crippen LogP contribution is -2.44. The molecule has 6 nitrogen and oxygen atoms in total. The number of carboxylic acids is 1. The van der Waals surface area contributed by atoms with Crippen LogP contribution in [-0.4, -0.2) is 54.0 Å². The first-order valence-electron chi connectivity index (χ1n) is 7.00. The molecule has 0 atom stereocenters. The van der Waals surface area contributed by atoms with Gasteiger partial charge in [0.1, 0.15) is 5.56 Å². The van der Waals surface area contributed by atoms with Gasteiger partial charge in [0.25, 0.3) is 0 Å². The minimum atomic E-state index is -1.43. The Hall–Kier alpha value is -2.41. The first kappa shape index (κ1) is 14.5. The molecule has 0 unspecified atom stereocenters. The number of aromatic nitrogens is 1. The Morgan fingerprint density at radius 2 is 1.91 bits per heavy atom. The topological polar surface area (TPSA) is 65.8 Å². The first-order valence-corrected chi connectivity index (χ1v) is 7.00. The van der Waals surface area contributed by atoms with Crippen molar-refractivity contribution in [2.24, 2.45) is 0 Å². The van der Waals surface area contributed by atoms with Crippen molar-refractivity contribution in [2.75, 3.05) is 38.1 Å². The molecule has 0 amide bonds. The summed E-state index contributed by atoms with van der Waals surface area (Å²) in [6.45, 7) is 3.48. The molecular formula is C15H16FN3O3. The maximum atomic E-state index is 14.1. The summed E-state index contributed by atoms with van der Waals surface area (Å²) in [6, 6.07) is 4.82. The fourth-order valence-corrected chi connectivity index (χ4v) is 2.69. The van der Waals surface area contributed by atoms with E-state index in [0.29, 0.717) is 0 Å². The van der Waals surface area contributed by atoms with Gasteiger partial charge in [-0.15, -0.1) is 0 Å². The van der Waals surface area contributed by atoms with Gasteiger partial charge in [-0.3, -0.25) is 4.79 Å². The normalized spacial score (nSPS) is 16.2. The van der Waals surface area contributed by atoms with E-state index < -0.39 is 17.0 Å². The van der Waals surface area contributed by atoms with Gasteiger partial charge in [0, 0.05) is 37.3 Å². The zero-order chi connectivity index (χ0) is 15.9. The quantitative estimate of drug-likeness (QED) is 0.902. The number of fused-ring (bicyclic) bond motifs is 1. The second-order valence-corrected chi connectivity index (χ2v) is 5.48. The highest BCUT2D eigenvalue weighted by atomic mass is 19.2. The third kappa shape index (κ3) is 2.43. The third-order valence-corrected chi connectivity index (χ3v) is 4.04. The average molecular weight is 305 g/mol. The number of piperazine rings is 1. The van der Waals surface area contributed by atoms with Crippen LogP contribution in [0.25, 0.3) is 10.9 Å². The molecular weight excluding hydrogens is 289 g/mol. The monoisotopic (exact) mass is 305 g/mol. The molecule has 1 aromatic carbocycles. The van der Waals surface area contributed by atoms with Crippen LogP contribution >= 0.6 is 0 Å². The average Bonchev–Trinajstić information content (AvgIpc) is 2.51. The van der Waals surface area contributed by atoms with Crippen LogP contribution in [0, 0.1) is 0 Å². The molecule has 0 radical (unpaired) electrons. The van der Waals surface area contributed by atoms with E-state index in [-0.39, 0.29) is 15.7 Å². The molecule has 1 saturated heterocycles. The maximum absolute atomic E-state index is 14.1. The van der Waals surface area contributed by atoms with Gasteiger partial charge in [0.15, 0.2) is 0 Å². The third-order valence-electron chi connectivity index (χ3n) is 4.04. The Bertz CT molecular complexity index is 794. The fourth-order valence-electron chi connectivity index (χ4n) is 2.69. The summed E-state index contributed by atoms with van der Waals surface area (Å²) >= 11 is 0. The predicted octanol–water partition coefficient (Wildman–Crippen LogP) is 1.18. The minimum absolute atomic E-state index is 0.0697. The van der Waals surface area contributed by atoms with E-state index in [4.69, 9.17) is 5.11 Å². The number of benzene rings is 1. The number of carbonyl (C=O) groups is 1. The van der Waals surface area contributed by atoms with Gasteiger partial charge >= 0.3 is 5.97 Å². The Labute approximate surface area is 125 Å². The van der Waals surface area contributed by atoms with Crippen molar-refractivity contribution in [1.29, 1.82) is 0 Å². The molecule has 3 rings (SSSR count). The number of pyridine rings is 1. The fraction of sp³-hybridized carbons (Fsp3) is 0.333. The Balaban J connectivity index is 2.07. The molecule has 1 fully saturated rings. The summed E-state index contributed by atoms with van der Waals surface area (Å²) in [6.07, 6.45) is 0.723. The van der Waals surface area contributed by atoms with Gasteiger partial charge in [0.05, 0.1) is 11.7 Å². The van der Waals surface area contributed by atoms with Gasteiger partial charge in [-0.25, -0.2) is 4.79 Å². The van der Waals surface area contributed by atoms with Crippen LogP contribution in [0.4, 0.5) is 10.2 Å². The summed E-state index contributed by atoms with van der Waals surface area (Å²) in [5, 5.41) is 9.01. The summed E-state index contributed by atoms with van der Waals surface area (Å²) in [7, 11) is 2.05. The summed E-state index contributed by atoms with van der Waals surface area (Å²) < 4.78 is 14.1. The number of hydrogen-bond acceptors (Lipinski definition) is 4. The predicted molar refractivity (Wildman–Crippen MR) is 81.4 cm³/mol. The minimum Gasteiger partial charge on any atom is -0.477 e. The molecule has 1 aliphatic rings. The lowest BCUT2D eigenvalue weighted by atomic mass is 10.1. The zero-order valence-corrected chi connectivity index (χ0v) is 12.1. The van der Waals surface area contributed by atoms with E-state index in [1.165, 1.54) is 6.07 Å². The molecule has 0 bridgehead atoms. The number of carboxylic acid groups (broad SMARTS) is 1. The molecule has 2 aromatic rings. The Morgan fingerprint density at radius 1 is 1.23 bits per heavy atom. The molecule has 1 N–H and O–H groups in total. The highest BCUT2D eigenvalue weighted by Gasteiger charge is 2.18. The molecule has 116 valence electrons. The number of hydrogen-bond donors (Lipinski definition) is 1. The van der Waals surface area contributed by atoms with Crippen molar-refractivity contribution in [1.82, 2.24) is 9.69 Å². The van der Waals surface area contributed by atoms with Crippen LogP contribution in [0.1, 0.15) is 10.4 Å². The van der Waals surface area contributed by atoms with Gasteiger partial charge in [-0.2, -0.15) is 4.79 Å². The van der Waals surface area contributed by atoms with E-state index in [1.54, 1.807) is 12.1 Å². The first-order chi connectivity index (χ1) is 10.5. The SMILES string of the molecule is CN1CCN(c2ccc3c(=O)c(C(=O)O)cn(F)c3c2)CC1. The Kier molecular flexibility index (Phi) is 3.58. The standard InChI is InChI=1S/C15H16FN3O3/c1-17-4-6-18(7-5-17)10-2-3-11-13(8-10)19(16)9-12(14(11)20)15(21)22/h2-3,8-9H,4-7H2,1H3,(H,21,22). The smallest absolute Gasteiger partial charge is 0.341 e. The summed E-state index contributed by atoms with van der Waals surface area (Å²) in [5.41, 5.74) is -0.315. The van der Waals surface area contributed by atoms with Crippen molar-refractivity contribution in [2.45, 2.75) is 0 Å². The van der Waals surface area contributed by atoms with Crippen LogP contribution in [0.15, 0.2) is 29.2 Å². The Morgan fingerprint density at radius 3 is 2.55 bits per heavy atom. The van der Waals surface area contributed by atoms with E-state index in [0.717, 1.165) is 38.1 Å². The molecule has 22 heavy (non-hydrogen) atoms. The van der Waals surface area contributed by atoms with Crippen molar-refractivity contribution in [3.63, 3.8) is 0 Å². The summed E-state index contributed by atoms with van der Waals surface area (Å²) in [4.78, 5) is 27.6. The summed E-state index contributed by atoms with van der Waals surface area (Å²) in [5.74, 6) is -1.43. The largest absolute Gasteiger partial charge is 0.477 e. The van der Waals surface area contributed by atoms with Gasteiger partial charge in [0.2, 0.25) is 5.43 Å². The van der Waals surface area contributed by atoms with E-state index in [9.17, 15) is 14.1 Å². The van der Waals surface area contributed by atoms with Crippen LogP contribution in [-0.2, 0) is 0 Å². The molecule has 0 aliphatic carbocycles. The van der Waals surface area contributed by atoms with E-state index in [1.807, 2.05) is 7.05 Å². The molecule has 0 spiro atoms. The number of likely N-dealkylation sites (N-methyl/N-ethyl adjacent to an activating group) is 1. The lowest BCUT2D eigenvalue weighted by Gasteiger charge is -2.34. The van der Waals surface area contributed by atoms with Crippen LogP contribution in [0.2, 0.25) is 0 Å². The van der Waals surface area contributed by atoms with Crippen LogP contribution < -0.4 is 10.3 Å². The second kappa shape index (κ2) is 5.42. The van der Waals surface area contributed by atoms with Crippen molar-refractivity contribution in [3.05, 3.63) is 40.2 Å². The lowest BCUT2D eigenvalue weighted by molar-refractivity contribution is 0.0693. The zero-order valence-electron chi connectivity index (χ0n) is 12.1. The van der Waals surface area contributed by atoms with E-state index in [2.05, 4.69) is 9.80 Å². The molecule has 2 heterocycles. The highest BCUT2D eigenvalue weighted by molar-refractivity contribution is 5.93. The van der Waals surface area contributed by atoms with Crippen molar-refractivity contribution < 1.29 is 14.4 Å². The van der Waals surface area contributed by atoms with Crippen molar-refractivity contribution in [3.8, 4) is 0 Å². The van der Waals surface area contributed by atoms with Gasteiger partial charge < -0.3 is 14.9 Å². The molecule has 1 aliphatic heterocycles. The maximum Gasteiger partial charge on any atom is 0.341 e. The number of anilines is 1. The molecule has 0 saturated carbocycles. The number of rotatable bonds is 2. The van der Waals surface area contributed by atoms with Crippen molar-refractivity contribution >= 4 is 22.6 Å². The number of nitrogens with zero attached hydrogens (tertiary/aromatic N) is 3. The molecule has 1 aromatic heterocycles. The van der Waals surface area contributed by atoms with Gasteiger partial charge in [-0.1, -0.05) is 4.48 Å². The van der Waals surface area contributed by atoms with E-state index >= 15 is 0 Å². The number of halogens is 1. The second-order valence-electron chi connectivity index (χ2n) is 5.48. The van der Waals surface area contributed by atoms with Crippen LogP contribution in [0.3, 0.4) is 0 Å².